The molecule has 0 unspecified atom stereocenters. The molecule has 3 heterocycles. The smallest absolute Gasteiger partial charge is 0.422 e. The van der Waals surface area contributed by atoms with E-state index >= 15 is 0 Å². The summed E-state index contributed by atoms with van der Waals surface area (Å²) in [6, 6.07) is 7.22. The highest BCUT2D eigenvalue weighted by Gasteiger charge is 2.33. The van der Waals surface area contributed by atoms with E-state index in [4.69, 9.17) is 9.47 Å². The zero-order chi connectivity index (χ0) is 31.6. The number of carbonyl (C=O) groups is 1. The zero-order valence-electron chi connectivity index (χ0n) is 24.1. The van der Waals surface area contributed by atoms with Crippen molar-refractivity contribution in [2.75, 3.05) is 39.9 Å². The molecule has 0 amide bonds. The number of alkyl halides is 6. The summed E-state index contributed by atoms with van der Waals surface area (Å²) in [6.45, 7) is 1.91. The average molecular weight is 626 g/mol. The Balaban J connectivity index is 1.60. The minimum absolute atomic E-state index is 0.00564. The lowest BCUT2D eigenvalue weighted by molar-refractivity contribution is -0.153. The second-order valence-electron chi connectivity index (χ2n) is 11.2. The van der Waals surface area contributed by atoms with Gasteiger partial charge in [0.25, 0.3) is 0 Å². The van der Waals surface area contributed by atoms with Crippen LogP contribution in [0, 0.1) is 0 Å². The van der Waals surface area contributed by atoms with Crippen molar-refractivity contribution in [3.05, 3.63) is 53.1 Å². The van der Waals surface area contributed by atoms with Crippen LogP contribution in [0.3, 0.4) is 0 Å². The van der Waals surface area contributed by atoms with Gasteiger partial charge in [-0.05, 0) is 70.1 Å². The molecule has 0 saturated carbocycles. The number of hydrogen-bond donors (Lipinski definition) is 1. The molecule has 1 aromatic heterocycles. The molecule has 0 spiro atoms. The Kier molecular flexibility index (Phi) is 9.26. The first-order chi connectivity index (χ1) is 20.8. The predicted molar refractivity (Wildman–Crippen MR) is 151 cm³/mol. The van der Waals surface area contributed by atoms with Gasteiger partial charge in [-0.15, -0.1) is 0 Å². The quantitative estimate of drug-likeness (QED) is 0.270. The van der Waals surface area contributed by atoms with Gasteiger partial charge in [0, 0.05) is 35.2 Å². The summed E-state index contributed by atoms with van der Waals surface area (Å²) >= 11 is 0. The first-order valence-corrected chi connectivity index (χ1v) is 14.5. The van der Waals surface area contributed by atoms with Crippen molar-refractivity contribution in [1.29, 1.82) is 0 Å². The maximum Gasteiger partial charge on any atom is 0.422 e. The monoisotopic (exact) mass is 625 g/mol. The number of aromatic carboxylic acids is 1. The molecule has 2 saturated heterocycles. The maximum atomic E-state index is 13.7. The minimum Gasteiger partial charge on any atom is -0.493 e. The summed E-state index contributed by atoms with van der Waals surface area (Å²) in [5, 5.41) is 10.5. The van der Waals surface area contributed by atoms with Gasteiger partial charge in [-0.3, -0.25) is 4.90 Å². The van der Waals surface area contributed by atoms with Crippen molar-refractivity contribution >= 4 is 16.9 Å². The Labute approximate surface area is 250 Å². The number of piperidine rings is 2. The first-order valence-electron chi connectivity index (χ1n) is 14.5. The summed E-state index contributed by atoms with van der Waals surface area (Å²) in [7, 11) is 1.21. The molecular weight excluding hydrogens is 592 g/mol. The van der Waals surface area contributed by atoms with Crippen LogP contribution in [-0.2, 0) is 12.7 Å². The first kappa shape index (κ1) is 31.8. The number of carboxylic acid groups (broad SMARTS) is 1. The summed E-state index contributed by atoms with van der Waals surface area (Å²) in [6.07, 6.45) is -4.03. The Morgan fingerprint density at radius 3 is 2.30 bits per heavy atom. The van der Waals surface area contributed by atoms with Crippen LogP contribution in [0.15, 0.2) is 36.4 Å². The number of likely N-dealkylation sites (tertiary alicyclic amines) is 2. The van der Waals surface area contributed by atoms with E-state index < -0.39 is 30.5 Å². The number of benzene rings is 2. The largest absolute Gasteiger partial charge is 0.493 e. The molecule has 5 rings (SSSR count). The van der Waals surface area contributed by atoms with Crippen molar-refractivity contribution in [3.63, 3.8) is 0 Å². The second-order valence-corrected chi connectivity index (χ2v) is 11.2. The molecule has 0 radical (unpaired) electrons. The Morgan fingerprint density at radius 1 is 0.977 bits per heavy atom. The summed E-state index contributed by atoms with van der Waals surface area (Å²) in [4.78, 5) is 22.0. The molecule has 13 heteroatoms. The van der Waals surface area contributed by atoms with Gasteiger partial charge in [-0.2, -0.15) is 26.3 Å². The van der Waals surface area contributed by atoms with Gasteiger partial charge >= 0.3 is 18.3 Å². The molecule has 2 aromatic carbocycles. The minimum atomic E-state index is -4.66. The van der Waals surface area contributed by atoms with Gasteiger partial charge in [0.1, 0.15) is 0 Å². The van der Waals surface area contributed by atoms with Crippen LogP contribution in [-0.4, -0.2) is 78.0 Å². The summed E-state index contributed by atoms with van der Waals surface area (Å²) in [5.74, 6) is -1.82. The van der Waals surface area contributed by atoms with Crippen LogP contribution in [0.2, 0.25) is 0 Å². The van der Waals surface area contributed by atoms with E-state index in [1.807, 2.05) is 0 Å². The number of halogens is 6. The Bertz CT molecular complexity index is 1500. The third kappa shape index (κ3) is 7.20. The van der Waals surface area contributed by atoms with Gasteiger partial charge in [0.05, 0.1) is 29.4 Å². The number of ether oxygens (including phenoxy) is 2. The third-order valence-corrected chi connectivity index (χ3v) is 8.29. The average Bonchev–Trinajstić information content (AvgIpc) is 2.99. The van der Waals surface area contributed by atoms with Crippen molar-refractivity contribution in [3.8, 4) is 22.8 Å². The van der Waals surface area contributed by atoms with Gasteiger partial charge in [0.15, 0.2) is 18.1 Å². The number of rotatable bonds is 8. The number of fused-ring (bicyclic) bond motifs is 1. The lowest BCUT2D eigenvalue weighted by atomic mass is 9.94. The molecule has 2 fully saturated rings. The zero-order valence-corrected chi connectivity index (χ0v) is 24.1. The number of carboxylic acids is 1. The van der Waals surface area contributed by atoms with Crippen molar-refractivity contribution in [2.45, 2.75) is 57.0 Å². The predicted octanol–water partition coefficient (Wildman–Crippen LogP) is 7.02. The molecule has 0 atom stereocenters. The van der Waals surface area contributed by atoms with Crippen molar-refractivity contribution in [2.24, 2.45) is 0 Å². The van der Waals surface area contributed by atoms with E-state index in [9.17, 15) is 36.2 Å². The molecule has 0 bridgehead atoms. The molecule has 2 aliphatic rings. The van der Waals surface area contributed by atoms with Gasteiger partial charge < -0.3 is 19.5 Å². The van der Waals surface area contributed by atoms with E-state index in [0.717, 1.165) is 57.0 Å². The van der Waals surface area contributed by atoms with E-state index in [-0.39, 0.29) is 51.3 Å². The number of nitrogens with zero attached hydrogens (tertiary/aromatic N) is 3. The number of pyridine rings is 1. The fourth-order valence-electron chi connectivity index (χ4n) is 6.17. The lowest BCUT2D eigenvalue weighted by Crippen LogP contribution is -2.46. The highest BCUT2D eigenvalue weighted by atomic mass is 19.4. The van der Waals surface area contributed by atoms with E-state index in [1.165, 1.54) is 31.7 Å². The van der Waals surface area contributed by atoms with Crippen LogP contribution in [0.4, 0.5) is 26.3 Å². The number of methoxy groups -OCH3 is 1. The molecule has 238 valence electrons. The van der Waals surface area contributed by atoms with E-state index in [1.54, 1.807) is 0 Å². The Morgan fingerprint density at radius 2 is 1.68 bits per heavy atom. The maximum absolute atomic E-state index is 13.7. The van der Waals surface area contributed by atoms with Crippen LogP contribution in [0.1, 0.15) is 53.6 Å². The molecule has 2 aliphatic heterocycles. The van der Waals surface area contributed by atoms with Gasteiger partial charge in [-0.25, -0.2) is 9.78 Å². The highest BCUT2D eigenvalue weighted by molar-refractivity contribution is 6.06. The summed E-state index contributed by atoms with van der Waals surface area (Å²) < 4.78 is 90.0. The van der Waals surface area contributed by atoms with Crippen LogP contribution < -0.4 is 9.47 Å². The second kappa shape index (κ2) is 12.8. The molecule has 1 N–H and O–H groups in total. The molecule has 0 aliphatic carbocycles. The highest BCUT2D eigenvalue weighted by Crippen LogP contribution is 2.40. The fraction of sp³-hybridized carbons (Fsp3) is 0.484. The molecular formula is C31H33F6N3O4. The summed E-state index contributed by atoms with van der Waals surface area (Å²) in [5.41, 5.74) is -0.943. The lowest BCUT2D eigenvalue weighted by Gasteiger charge is -2.40. The van der Waals surface area contributed by atoms with E-state index in [0.29, 0.717) is 19.1 Å². The van der Waals surface area contributed by atoms with Crippen molar-refractivity contribution in [1.82, 2.24) is 14.8 Å². The number of hydrogen-bond acceptors (Lipinski definition) is 6. The van der Waals surface area contributed by atoms with E-state index in [2.05, 4.69) is 14.8 Å². The SMILES string of the molecule is COc1cc2c(C(=O)O)c(CN3CCC(N4CCCCC4)CC3)c(-c3cccc(C(F)(F)F)c3)nc2cc1OCC(F)(F)F. The van der Waals surface area contributed by atoms with Crippen LogP contribution in [0.5, 0.6) is 11.5 Å². The third-order valence-electron chi connectivity index (χ3n) is 8.29. The van der Waals surface area contributed by atoms with Gasteiger partial charge in [0.2, 0.25) is 0 Å². The molecule has 3 aromatic rings. The normalized spacial score (nSPS) is 17.6. The number of aromatic nitrogens is 1. The molecule has 7 nitrogen and oxygen atoms in total. The molecule has 44 heavy (non-hydrogen) atoms. The standard InChI is InChI=1S/C31H33F6N3O4/c1-43-25-15-22-24(16-26(25)44-18-30(32,33)34)38-28(19-6-5-7-20(14-19)31(35,36)37)23(27(22)29(41)42)17-39-12-8-21(9-13-39)40-10-3-2-4-11-40/h5-7,14-16,21H,2-4,8-13,17-18H2,1H3,(H,41,42). The topological polar surface area (TPSA) is 75.1 Å². The van der Waals surface area contributed by atoms with Crippen LogP contribution >= 0.6 is 0 Å². The fourth-order valence-corrected chi connectivity index (χ4v) is 6.17. The van der Waals surface area contributed by atoms with Crippen LogP contribution in [0.25, 0.3) is 22.2 Å². The van der Waals surface area contributed by atoms with Gasteiger partial charge in [-0.1, -0.05) is 18.6 Å². The van der Waals surface area contributed by atoms with Crippen molar-refractivity contribution < 1.29 is 45.7 Å². The Hall–Kier alpha value is -3.58.